The monoisotopic (exact) mass is 256 g/mol. The summed E-state index contributed by atoms with van der Waals surface area (Å²) in [6.45, 7) is 4.46. The first kappa shape index (κ1) is 13.0. The van der Waals surface area contributed by atoms with E-state index in [4.69, 9.17) is 0 Å². The average molecular weight is 256 g/mol. The lowest BCUT2D eigenvalue weighted by molar-refractivity contribution is -0.115. The number of benzene rings is 1. The molecule has 0 radical (unpaired) electrons. The van der Waals surface area contributed by atoms with Crippen LogP contribution in [0.25, 0.3) is 11.3 Å². The molecule has 1 aromatic carbocycles. The van der Waals surface area contributed by atoms with Gasteiger partial charge in [-0.1, -0.05) is 18.2 Å². The Hall–Kier alpha value is -2.40. The Kier molecular flexibility index (Phi) is 4.47. The molecule has 0 saturated carbocycles. The van der Waals surface area contributed by atoms with Gasteiger partial charge in [-0.15, -0.1) is 6.58 Å². The fraction of sp³-hybridized carbons (Fsp3) is 0.143. The zero-order chi connectivity index (χ0) is 13.5. The fourth-order valence-corrected chi connectivity index (χ4v) is 1.64. The lowest BCUT2D eigenvalue weighted by Crippen LogP contribution is -2.27. The van der Waals surface area contributed by atoms with Gasteiger partial charge in [0, 0.05) is 18.4 Å². The van der Waals surface area contributed by atoms with Gasteiger partial charge in [0.25, 0.3) is 0 Å². The maximum atomic E-state index is 11.6. The Morgan fingerprint density at radius 2 is 2.11 bits per heavy atom. The predicted octanol–water partition coefficient (Wildman–Crippen LogP) is 1.79. The first-order valence-electron chi connectivity index (χ1n) is 6.01. The summed E-state index contributed by atoms with van der Waals surface area (Å²) in [4.78, 5) is 11.6. The predicted molar refractivity (Wildman–Crippen MR) is 75.7 cm³/mol. The summed E-state index contributed by atoms with van der Waals surface area (Å²) in [5.74, 6) is -0.0730. The van der Waals surface area contributed by atoms with E-state index in [1.54, 1.807) is 12.3 Å². The highest BCUT2D eigenvalue weighted by Gasteiger charge is 2.02. The second-order valence-corrected chi connectivity index (χ2v) is 4.02. The number of aromatic nitrogens is 2. The van der Waals surface area contributed by atoms with Crippen LogP contribution in [0.5, 0.6) is 0 Å². The van der Waals surface area contributed by atoms with Crippen LogP contribution in [0.15, 0.2) is 49.2 Å². The highest BCUT2D eigenvalue weighted by molar-refractivity contribution is 5.92. The van der Waals surface area contributed by atoms with E-state index < -0.39 is 0 Å². The summed E-state index contributed by atoms with van der Waals surface area (Å²) < 4.78 is 0. The molecule has 5 nitrogen and oxygen atoms in total. The number of nitrogens with one attached hydrogen (secondary N) is 3. The van der Waals surface area contributed by atoms with Gasteiger partial charge in [0.2, 0.25) is 5.91 Å². The summed E-state index contributed by atoms with van der Waals surface area (Å²) in [5, 5.41) is 12.5. The highest BCUT2D eigenvalue weighted by Crippen LogP contribution is 2.18. The first-order chi connectivity index (χ1) is 9.29. The number of H-pyrrole nitrogens is 1. The van der Waals surface area contributed by atoms with Crippen molar-refractivity contribution in [1.82, 2.24) is 15.5 Å². The molecule has 1 heterocycles. The molecule has 1 aromatic heterocycles. The topological polar surface area (TPSA) is 69.8 Å². The SMILES string of the molecule is C=CCNCC(=O)Nc1ccc(-c2ccn[nH]2)cc1. The Morgan fingerprint density at radius 1 is 1.32 bits per heavy atom. The molecular formula is C14H16N4O. The highest BCUT2D eigenvalue weighted by atomic mass is 16.1. The molecular weight excluding hydrogens is 240 g/mol. The minimum Gasteiger partial charge on any atom is -0.325 e. The van der Waals surface area contributed by atoms with Crippen LogP contribution in [0.1, 0.15) is 0 Å². The summed E-state index contributed by atoms with van der Waals surface area (Å²) in [5.41, 5.74) is 2.75. The standard InChI is InChI=1S/C14H16N4O/c1-2-8-15-10-14(19)17-12-5-3-11(4-6-12)13-7-9-16-18-13/h2-7,9,15H,1,8,10H2,(H,16,18)(H,17,19). The second kappa shape index (κ2) is 6.51. The largest absolute Gasteiger partial charge is 0.325 e. The number of carbonyl (C=O) groups excluding carboxylic acids is 1. The third-order valence-corrected chi connectivity index (χ3v) is 2.55. The van der Waals surface area contributed by atoms with E-state index >= 15 is 0 Å². The average Bonchev–Trinajstić information content (AvgIpc) is 2.94. The molecule has 2 rings (SSSR count). The molecule has 19 heavy (non-hydrogen) atoms. The van der Waals surface area contributed by atoms with Gasteiger partial charge in [-0.3, -0.25) is 9.89 Å². The van der Waals surface area contributed by atoms with Crippen LogP contribution in [0.3, 0.4) is 0 Å². The van der Waals surface area contributed by atoms with Crippen molar-refractivity contribution in [3.8, 4) is 11.3 Å². The number of anilines is 1. The molecule has 5 heteroatoms. The van der Waals surface area contributed by atoms with Crippen molar-refractivity contribution in [2.45, 2.75) is 0 Å². The number of hydrogen-bond donors (Lipinski definition) is 3. The maximum Gasteiger partial charge on any atom is 0.238 e. The van der Waals surface area contributed by atoms with E-state index in [9.17, 15) is 4.79 Å². The quantitative estimate of drug-likeness (QED) is 0.545. The van der Waals surface area contributed by atoms with Crippen LogP contribution in [0.4, 0.5) is 5.69 Å². The van der Waals surface area contributed by atoms with Crippen molar-refractivity contribution in [2.24, 2.45) is 0 Å². The Labute approximate surface area is 111 Å². The minimum atomic E-state index is -0.0730. The number of aromatic amines is 1. The Bertz CT molecular complexity index is 531. The zero-order valence-electron chi connectivity index (χ0n) is 10.5. The van der Waals surface area contributed by atoms with Gasteiger partial charge in [-0.05, 0) is 23.8 Å². The zero-order valence-corrected chi connectivity index (χ0v) is 10.5. The van der Waals surface area contributed by atoms with Crippen molar-refractivity contribution >= 4 is 11.6 Å². The van der Waals surface area contributed by atoms with Crippen LogP contribution >= 0.6 is 0 Å². The van der Waals surface area contributed by atoms with Gasteiger partial charge in [-0.2, -0.15) is 5.10 Å². The third-order valence-electron chi connectivity index (χ3n) is 2.55. The van der Waals surface area contributed by atoms with Crippen LogP contribution < -0.4 is 10.6 Å². The summed E-state index contributed by atoms with van der Waals surface area (Å²) in [6, 6.07) is 9.48. The molecule has 0 fully saturated rings. The number of amides is 1. The van der Waals surface area contributed by atoms with Gasteiger partial charge in [-0.25, -0.2) is 0 Å². The molecule has 0 atom stereocenters. The molecule has 0 saturated heterocycles. The molecule has 0 unspecified atom stereocenters. The second-order valence-electron chi connectivity index (χ2n) is 4.02. The minimum absolute atomic E-state index is 0.0730. The Morgan fingerprint density at radius 3 is 2.74 bits per heavy atom. The summed E-state index contributed by atoms with van der Waals surface area (Å²) in [7, 11) is 0. The maximum absolute atomic E-state index is 11.6. The fourth-order valence-electron chi connectivity index (χ4n) is 1.64. The lowest BCUT2D eigenvalue weighted by atomic mass is 10.1. The molecule has 0 aliphatic carbocycles. The number of nitrogens with zero attached hydrogens (tertiary/aromatic N) is 1. The molecule has 0 aliphatic rings. The van der Waals surface area contributed by atoms with E-state index in [1.807, 2.05) is 30.3 Å². The Balaban J connectivity index is 1.92. The molecule has 0 aliphatic heterocycles. The molecule has 2 aromatic rings. The van der Waals surface area contributed by atoms with Crippen LogP contribution in [0, 0.1) is 0 Å². The molecule has 0 bridgehead atoms. The van der Waals surface area contributed by atoms with E-state index in [1.165, 1.54) is 0 Å². The van der Waals surface area contributed by atoms with Crippen molar-refractivity contribution in [1.29, 1.82) is 0 Å². The van der Waals surface area contributed by atoms with E-state index in [-0.39, 0.29) is 12.5 Å². The smallest absolute Gasteiger partial charge is 0.238 e. The van der Waals surface area contributed by atoms with E-state index in [0.29, 0.717) is 6.54 Å². The number of carbonyl (C=O) groups is 1. The molecule has 3 N–H and O–H groups in total. The number of hydrogen-bond acceptors (Lipinski definition) is 3. The van der Waals surface area contributed by atoms with Crippen molar-refractivity contribution in [3.63, 3.8) is 0 Å². The van der Waals surface area contributed by atoms with Gasteiger partial charge >= 0.3 is 0 Å². The molecule has 1 amide bonds. The molecule has 0 spiro atoms. The van der Waals surface area contributed by atoms with E-state index in [2.05, 4.69) is 27.4 Å². The normalized spacial score (nSPS) is 10.1. The van der Waals surface area contributed by atoms with Crippen molar-refractivity contribution in [2.75, 3.05) is 18.4 Å². The lowest BCUT2D eigenvalue weighted by Gasteiger charge is -2.06. The van der Waals surface area contributed by atoms with Gasteiger partial charge in [0.1, 0.15) is 0 Å². The summed E-state index contributed by atoms with van der Waals surface area (Å²) in [6.07, 6.45) is 3.42. The van der Waals surface area contributed by atoms with Gasteiger partial charge in [0.15, 0.2) is 0 Å². The van der Waals surface area contributed by atoms with Gasteiger partial charge < -0.3 is 10.6 Å². The summed E-state index contributed by atoms with van der Waals surface area (Å²) >= 11 is 0. The van der Waals surface area contributed by atoms with Crippen LogP contribution in [0.2, 0.25) is 0 Å². The number of rotatable bonds is 6. The van der Waals surface area contributed by atoms with E-state index in [0.717, 1.165) is 16.9 Å². The van der Waals surface area contributed by atoms with Crippen LogP contribution in [-0.4, -0.2) is 29.2 Å². The van der Waals surface area contributed by atoms with Crippen LogP contribution in [-0.2, 0) is 4.79 Å². The van der Waals surface area contributed by atoms with Crippen molar-refractivity contribution < 1.29 is 4.79 Å². The first-order valence-corrected chi connectivity index (χ1v) is 6.01. The third kappa shape index (κ3) is 3.79. The molecule has 98 valence electrons. The van der Waals surface area contributed by atoms with Crippen molar-refractivity contribution in [3.05, 3.63) is 49.2 Å². The van der Waals surface area contributed by atoms with Gasteiger partial charge in [0.05, 0.1) is 12.2 Å².